The Hall–Kier alpha value is -1.24. The molecule has 0 spiro atoms. The molecule has 4 aliphatic rings. The van der Waals surface area contributed by atoms with Crippen LogP contribution in [0.5, 0.6) is 0 Å². The monoisotopic (exact) mass is 448 g/mol. The largest absolute Gasteiger partial charge is 0.462 e. The average molecular weight is 449 g/mol. The first-order valence-electron chi connectivity index (χ1n) is 12.6. The molecule has 4 rings (SSSR count). The van der Waals surface area contributed by atoms with Crippen molar-refractivity contribution in [1.29, 1.82) is 0 Å². The number of hydrogen-bond donors (Lipinski definition) is 2. The minimum atomic E-state index is -0.578. The molecule has 0 saturated heterocycles. The number of carbonyl (C=O) groups is 2. The van der Waals surface area contributed by atoms with Crippen LogP contribution in [0.1, 0.15) is 78.1 Å². The van der Waals surface area contributed by atoms with Gasteiger partial charge in [-0.15, -0.1) is 0 Å². The molecule has 32 heavy (non-hydrogen) atoms. The third-order valence-corrected chi connectivity index (χ3v) is 9.43. The Balaban J connectivity index is 1.34. The van der Waals surface area contributed by atoms with Crippen molar-refractivity contribution in [2.24, 2.45) is 28.6 Å². The summed E-state index contributed by atoms with van der Waals surface area (Å²) < 4.78 is 11.4. The lowest BCUT2D eigenvalue weighted by atomic mass is 9.47. The van der Waals surface area contributed by atoms with Crippen LogP contribution in [0.2, 0.25) is 0 Å². The Kier molecular flexibility index (Phi) is 7.14. The summed E-state index contributed by atoms with van der Waals surface area (Å²) in [6.45, 7) is 4.62. The van der Waals surface area contributed by atoms with Crippen molar-refractivity contribution in [3.63, 3.8) is 0 Å². The first kappa shape index (κ1) is 23.9. The third-order valence-electron chi connectivity index (χ3n) is 9.43. The summed E-state index contributed by atoms with van der Waals surface area (Å²) in [5.41, 5.74) is 1.62. The van der Waals surface area contributed by atoms with E-state index in [0.717, 1.165) is 44.9 Å². The molecule has 0 radical (unpaired) electrons. The molecule has 180 valence electrons. The van der Waals surface area contributed by atoms with Crippen molar-refractivity contribution in [1.82, 2.24) is 0 Å². The molecular weight excluding hydrogens is 408 g/mol. The number of allylic oxidation sites excluding steroid dienone is 1. The Labute approximate surface area is 191 Å². The quantitative estimate of drug-likeness (QED) is 0.436. The Bertz CT molecular complexity index is 743. The van der Waals surface area contributed by atoms with Gasteiger partial charge in [-0.1, -0.05) is 19.4 Å². The number of rotatable bonds is 8. The Morgan fingerprint density at radius 3 is 2.62 bits per heavy atom. The van der Waals surface area contributed by atoms with Crippen LogP contribution in [0, 0.1) is 28.6 Å². The lowest BCUT2D eigenvalue weighted by molar-refractivity contribution is -0.160. The van der Waals surface area contributed by atoms with Crippen molar-refractivity contribution in [2.75, 3.05) is 19.8 Å². The minimum absolute atomic E-state index is 0.0119. The van der Waals surface area contributed by atoms with E-state index in [9.17, 15) is 9.59 Å². The van der Waals surface area contributed by atoms with Gasteiger partial charge in [0.15, 0.2) is 5.78 Å². The lowest BCUT2D eigenvalue weighted by Gasteiger charge is -2.57. The van der Waals surface area contributed by atoms with Gasteiger partial charge < -0.3 is 19.7 Å². The molecule has 2 N–H and O–H groups in total. The van der Waals surface area contributed by atoms with E-state index in [0.29, 0.717) is 49.4 Å². The fourth-order valence-electron chi connectivity index (χ4n) is 7.55. The van der Waals surface area contributed by atoms with Gasteiger partial charge in [-0.25, -0.2) is 0 Å². The van der Waals surface area contributed by atoms with E-state index in [4.69, 9.17) is 19.7 Å². The van der Waals surface area contributed by atoms with Crippen LogP contribution in [-0.4, -0.2) is 54.0 Å². The summed E-state index contributed by atoms with van der Waals surface area (Å²) in [6, 6.07) is 0. The summed E-state index contributed by atoms with van der Waals surface area (Å²) >= 11 is 0. The molecule has 0 aromatic rings. The normalized spacial score (nSPS) is 38.7. The van der Waals surface area contributed by atoms with Crippen LogP contribution in [0.15, 0.2) is 11.6 Å². The van der Waals surface area contributed by atoms with Crippen LogP contribution in [0.25, 0.3) is 0 Å². The highest BCUT2D eigenvalue weighted by atomic mass is 16.5. The van der Waals surface area contributed by atoms with E-state index in [-0.39, 0.29) is 36.1 Å². The van der Waals surface area contributed by atoms with E-state index in [2.05, 4.69) is 13.8 Å². The molecule has 0 amide bonds. The maximum Gasteiger partial charge on any atom is 0.306 e. The van der Waals surface area contributed by atoms with Crippen LogP contribution >= 0.6 is 0 Å². The highest BCUT2D eigenvalue weighted by Gasteiger charge is 2.59. The maximum atomic E-state index is 12.5. The molecule has 6 atom stereocenters. The van der Waals surface area contributed by atoms with Gasteiger partial charge >= 0.3 is 5.97 Å². The van der Waals surface area contributed by atoms with Crippen LogP contribution in [0.3, 0.4) is 0 Å². The topological polar surface area (TPSA) is 93.1 Å². The van der Waals surface area contributed by atoms with Crippen LogP contribution in [-0.2, 0) is 19.1 Å². The van der Waals surface area contributed by atoms with E-state index in [1.807, 2.05) is 6.08 Å². The average Bonchev–Trinajstić information content (AvgIpc) is 3.10. The predicted octanol–water partition coefficient (Wildman–Crippen LogP) is 3.58. The van der Waals surface area contributed by atoms with Gasteiger partial charge in [0.05, 0.1) is 13.2 Å². The number of carbonyl (C=O) groups excluding carboxylic acids is 2. The highest BCUT2D eigenvalue weighted by molar-refractivity contribution is 5.91. The standard InChI is InChI=1S/C26H40O6/c1-25-11-9-18(29)14-17(25)5-6-20-21-7-8-23(26(21,2)12-10-22(20)25)32-24(30)4-3-13-31-19(15-27)16-28/h14,19-23,27-28H,3-13,15-16H2,1-2H3/t20-,21-,22-,23-,25-,26-/m0/s1. The number of esters is 1. The van der Waals surface area contributed by atoms with Gasteiger partial charge in [-0.2, -0.15) is 0 Å². The summed E-state index contributed by atoms with van der Waals surface area (Å²) in [4.78, 5) is 24.5. The fourth-order valence-corrected chi connectivity index (χ4v) is 7.55. The Morgan fingerprint density at radius 1 is 1.09 bits per heavy atom. The number of aliphatic hydroxyl groups is 2. The Morgan fingerprint density at radius 2 is 1.88 bits per heavy atom. The molecule has 3 fully saturated rings. The molecule has 0 bridgehead atoms. The second kappa shape index (κ2) is 9.55. The van der Waals surface area contributed by atoms with Crippen molar-refractivity contribution in [2.45, 2.75) is 90.3 Å². The molecule has 3 saturated carbocycles. The third kappa shape index (κ3) is 4.30. The van der Waals surface area contributed by atoms with E-state index < -0.39 is 6.10 Å². The molecule has 0 aromatic heterocycles. The molecule has 0 aliphatic heterocycles. The number of ether oxygens (including phenoxy) is 2. The van der Waals surface area contributed by atoms with E-state index in [1.54, 1.807) is 0 Å². The molecule has 6 heteroatoms. The second-order valence-electron chi connectivity index (χ2n) is 11.0. The molecule has 4 aliphatic carbocycles. The minimum Gasteiger partial charge on any atom is -0.462 e. The lowest BCUT2D eigenvalue weighted by Crippen LogP contribution is -2.51. The molecular formula is C26H40O6. The molecule has 0 unspecified atom stereocenters. The summed E-state index contributed by atoms with van der Waals surface area (Å²) in [7, 11) is 0. The fraction of sp³-hybridized carbons (Fsp3) is 0.846. The van der Waals surface area contributed by atoms with Gasteiger partial charge in [0.1, 0.15) is 12.2 Å². The number of aliphatic hydroxyl groups excluding tert-OH is 2. The smallest absolute Gasteiger partial charge is 0.306 e. The zero-order valence-corrected chi connectivity index (χ0v) is 19.7. The molecule has 0 aromatic carbocycles. The SMILES string of the molecule is C[C@]12CC[C@H]3[C@@H](CCC4=CC(=O)CC[C@@]43C)[C@@H]1CC[C@@H]2OC(=O)CCCOC(CO)CO. The van der Waals surface area contributed by atoms with Gasteiger partial charge in [0.25, 0.3) is 0 Å². The van der Waals surface area contributed by atoms with Crippen molar-refractivity contribution in [3.05, 3.63) is 11.6 Å². The first-order valence-corrected chi connectivity index (χ1v) is 12.6. The number of fused-ring (bicyclic) bond motifs is 5. The first-order chi connectivity index (χ1) is 15.3. The van der Waals surface area contributed by atoms with Gasteiger partial charge in [0.2, 0.25) is 0 Å². The zero-order chi connectivity index (χ0) is 22.9. The van der Waals surface area contributed by atoms with Crippen molar-refractivity contribution < 1.29 is 29.3 Å². The van der Waals surface area contributed by atoms with Gasteiger partial charge in [-0.05, 0) is 80.6 Å². The zero-order valence-electron chi connectivity index (χ0n) is 19.7. The second-order valence-corrected chi connectivity index (χ2v) is 11.0. The molecule has 0 heterocycles. The summed E-state index contributed by atoms with van der Waals surface area (Å²) in [5.74, 6) is 2.03. The van der Waals surface area contributed by atoms with Gasteiger partial charge in [0, 0.05) is 24.9 Å². The summed E-state index contributed by atoms with van der Waals surface area (Å²) in [6.07, 6.45) is 10.4. The van der Waals surface area contributed by atoms with Crippen molar-refractivity contribution >= 4 is 11.8 Å². The van der Waals surface area contributed by atoms with Gasteiger partial charge in [-0.3, -0.25) is 9.59 Å². The molecule has 6 nitrogen and oxygen atoms in total. The van der Waals surface area contributed by atoms with Crippen molar-refractivity contribution in [3.8, 4) is 0 Å². The number of hydrogen-bond acceptors (Lipinski definition) is 6. The van der Waals surface area contributed by atoms with Crippen LogP contribution in [0.4, 0.5) is 0 Å². The summed E-state index contributed by atoms with van der Waals surface area (Å²) in [5, 5.41) is 18.1. The highest BCUT2D eigenvalue weighted by Crippen LogP contribution is 2.65. The van der Waals surface area contributed by atoms with E-state index in [1.165, 1.54) is 5.57 Å². The van der Waals surface area contributed by atoms with Crippen LogP contribution < -0.4 is 0 Å². The number of ketones is 1. The van der Waals surface area contributed by atoms with E-state index >= 15 is 0 Å². The maximum absolute atomic E-state index is 12.5. The predicted molar refractivity (Wildman–Crippen MR) is 120 cm³/mol.